The van der Waals surface area contributed by atoms with Crippen LogP contribution in [0.2, 0.25) is 0 Å². The third-order valence-electron chi connectivity index (χ3n) is 3.42. The second-order valence-electron chi connectivity index (χ2n) is 6.42. The van der Waals surface area contributed by atoms with Gasteiger partial charge in [0.25, 0.3) is 5.91 Å². The number of hydrogen-bond donors (Lipinski definition) is 2. The van der Waals surface area contributed by atoms with E-state index >= 15 is 0 Å². The Labute approximate surface area is 139 Å². The summed E-state index contributed by atoms with van der Waals surface area (Å²) in [6.07, 6.45) is 0.166. The van der Waals surface area contributed by atoms with Gasteiger partial charge in [-0.15, -0.1) is 11.3 Å². The van der Waals surface area contributed by atoms with Crippen molar-refractivity contribution in [3.63, 3.8) is 0 Å². The molecule has 0 unspecified atom stereocenters. The van der Waals surface area contributed by atoms with Gasteiger partial charge in [0.1, 0.15) is 16.5 Å². The first-order valence-corrected chi connectivity index (χ1v) is 8.33. The van der Waals surface area contributed by atoms with Crippen LogP contribution in [0.4, 0.5) is 4.39 Å². The molecular weight excluding hydrogens is 315 g/mol. The summed E-state index contributed by atoms with van der Waals surface area (Å²) in [7, 11) is 0. The summed E-state index contributed by atoms with van der Waals surface area (Å²) in [5.41, 5.74) is 0.459. The van der Waals surface area contributed by atoms with Gasteiger partial charge in [0.2, 0.25) is 0 Å². The maximum absolute atomic E-state index is 13.8. The van der Waals surface area contributed by atoms with E-state index in [1.807, 2.05) is 13.8 Å². The van der Waals surface area contributed by atoms with Crippen molar-refractivity contribution in [1.29, 1.82) is 0 Å². The first-order valence-electron chi connectivity index (χ1n) is 7.45. The lowest BCUT2D eigenvalue weighted by molar-refractivity contribution is 0.0898. The quantitative estimate of drug-likeness (QED) is 0.849. The van der Waals surface area contributed by atoms with E-state index in [1.165, 1.54) is 17.4 Å². The number of hydrogen-bond acceptors (Lipinski definition) is 4. The summed E-state index contributed by atoms with van der Waals surface area (Å²) >= 11 is 1.24. The average molecular weight is 336 g/mol. The molecule has 0 saturated carbocycles. The zero-order chi connectivity index (χ0) is 17.0. The highest BCUT2D eigenvalue weighted by atomic mass is 32.1. The second-order valence-corrected chi connectivity index (χ2v) is 7.28. The molecule has 0 spiro atoms. The van der Waals surface area contributed by atoms with Crippen LogP contribution in [0.5, 0.6) is 0 Å². The molecule has 0 saturated heterocycles. The molecule has 1 amide bonds. The molecule has 0 aliphatic rings. The molecule has 1 atom stereocenters. The Kier molecular flexibility index (Phi) is 5.49. The van der Waals surface area contributed by atoms with E-state index in [-0.39, 0.29) is 22.8 Å². The maximum Gasteiger partial charge on any atom is 0.270 e. The molecule has 0 aliphatic heterocycles. The van der Waals surface area contributed by atoms with Crippen molar-refractivity contribution in [3.05, 3.63) is 41.2 Å². The number of carbonyl (C=O) groups is 1. The highest BCUT2D eigenvalue weighted by Gasteiger charge is 2.22. The van der Waals surface area contributed by atoms with Gasteiger partial charge in [-0.3, -0.25) is 4.79 Å². The van der Waals surface area contributed by atoms with E-state index < -0.39 is 6.10 Å². The Morgan fingerprint density at radius 2 is 2.13 bits per heavy atom. The van der Waals surface area contributed by atoms with Gasteiger partial charge in [-0.25, -0.2) is 9.37 Å². The molecule has 0 fully saturated rings. The predicted octanol–water partition coefficient (Wildman–Crippen LogP) is 3.48. The number of nitrogens with one attached hydrogen (secondary N) is 1. The van der Waals surface area contributed by atoms with Gasteiger partial charge in [0.05, 0.1) is 6.10 Å². The molecule has 23 heavy (non-hydrogen) atoms. The average Bonchev–Trinajstić information content (AvgIpc) is 2.93. The first-order chi connectivity index (χ1) is 10.8. The van der Waals surface area contributed by atoms with E-state index in [0.717, 1.165) is 0 Å². The van der Waals surface area contributed by atoms with Gasteiger partial charge in [0.15, 0.2) is 0 Å². The first kappa shape index (κ1) is 17.6. The van der Waals surface area contributed by atoms with Crippen LogP contribution in [0.1, 0.15) is 37.7 Å². The minimum Gasteiger partial charge on any atom is -0.393 e. The number of aliphatic hydroxyl groups is 1. The number of amides is 1. The molecule has 0 aliphatic carbocycles. The van der Waals surface area contributed by atoms with Gasteiger partial charge >= 0.3 is 0 Å². The van der Waals surface area contributed by atoms with Crippen LogP contribution in [0.25, 0.3) is 10.6 Å². The molecule has 4 nitrogen and oxygen atoms in total. The second kappa shape index (κ2) is 7.19. The smallest absolute Gasteiger partial charge is 0.270 e. The molecule has 1 aromatic carbocycles. The lowest BCUT2D eigenvalue weighted by atomic mass is 9.87. The van der Waals surface area contributed by atoms with Crippen LogP contribution in [-0.2, 0) is 0 Å². The fourth-order valence-corrected chi connectivity index (χ4v) is 3.24. The molecule has 0 radical (unpaired) electrons. The van der Waals surface area contributed by atoms with E-state index in [2.05, 4.69) is 10.3 Å². The lowest BCUT2D eigenvalue weighted by Gasteiger charge is -2.26. The Morgan fingerprint density at radius 3 is 2.78 bits per heavy atom. The van der Waals surface area contributed by atoms with E-state index in [4.69, 9.17) is 0 Å². The zero-order valence-corrected chi connectivity index (χ0v) is 14.3. The summed E-state index contributed by atoms with van der Waals surface area (Å²) in [4.78, 5) is 16.4. The number of carbonyl (C=O) groups excluding carboxylic acids is 1. The van der Waals surface area contributed by atoms with Crippen LogP contribution in [0.15, 0.2) is 29.6 Å². The molecule has 124 valence electrons. The Hall–Kier alpha value is -1.79. The Balaban J connectivity index is 2.03. The number of benzene rings is 1. The van der Waals surface area contributed by atoms with Crippen molar-refractivity contribution in [3.8, 4) is 10.6 Å². The van der Waals surface area contributed by atoms with Crippen LogP contribution >= 0.6 is 11.3 Å². The molecule has 6 heteroatoms. The van der Waals surface area contributed by atoms with Crippen molar-refractivity contribution in [2.75, 3.05) is 6.54 Å². The normalized spacial score (nSPS) is 12.9. The number of aliphatic hydroxyl groups excluding tert-OH is 1. The molecule has 1 aromatic heterocycles. The summed E-state index contributed by atoms with van der Waals surface area (Å²) in [6.45, 7) is 6.12. The van der Waals surface area contributed by atoms with E-state index in [0.29, 0.717) is 23.5 Å². The van der Waals surface area contributed by atoms with Gasteiger partial charge in [0, 0.05) is 17.5 Å². The standard InChI is InChI=1S/C17H21FN2O2S/c1-11(21)8-17(2,3)10-19-15(22)14-9-23-16(20-14)12-6-4-5-7-13(12)18/h4-7,9,11,21H,8,10H2,1-3H3,(H,19,22)/t11-/m1/s1. The fraction of sp³-hybridized carbons (Fsp3) is 0.412. The molecule has 1 heterocycles. The summed E-state index contributed by atoms with van der Waals surface area (Å²) < 4.78 is 13.8. The van der Waals surface area contributed by atoms with Gasteiger partial charge in [-0.2, -0.15) is 0 Å². The Morgan fingerprint density at radius 1 is 1.43 bits per heavy atom. The number of nitrogens with zero attached hydrogens (tertiary/aromatic N) is 1. The largest absolute Gasteiger partial charge is 0.393 e. The minimum atomic E-state index is -0.422. The van der Waals surface area contributed by atoms with Gasteiger partial charge in [-0.05, 0) is 30.9 Å². The van der Waals surface area contributed by atoms with Crippen molar-refractivity contribution in [1.82, 2.24) is 10.3 Å². The van der Waals surface area contributed by atoms with Crippen LogP contribution in [0, 0.1) is 11.2 Å². The SMILES string of the molecule is C[C@@H](O)CC(C)(C)CNC(=O)c1csc(-c2ccccc2F)n1. The minimum absolute atomic E-state index is 0.214. The van der Waals surface area contributed by atoms with E-state index in [1.54, 1.807) is 30.5 Å². The predicted molar refractivity (Wildman–Crippen MR) is 89.9 cm³/mol. The number of rotatable bonds is 6. The van der Waals surface area contributed by atoms with Crippen molar-refractivity contribution >= 4 is 17.2 Å². The summed E-state index contributed by atoms with van der Waals surface area (Å²) in [5, 5.41) is 14.4. The van der Waals surface area contributed by atoms with Crippen molar-refractivity contribution in [2.45, 2.75) is 33.3 Å². The summed E-state index contributed by atoms with van der Waals surface area (Å²) in [5.74, 6) is -0.644. The van der Waals surface area contributed by atoms with Crippen LogP contribution in [-0.4, -0.2) is 28.6 Å². The lowest BCUT2D eigenvalue weighted by Crippen LogP contribution is -2.35. The monoisotopic (exact) mass is 336 g/mol. The number of aromatic nitrogens is 1. The van der Waals surface area contributed by atoms with Crippen molar-refractivity contribution in [2.24, 2.45) is 5.41 Å². The molecule has 0 bridgehead atoms. The molecule has 2 aromatic rings. The summed E-state index contributed by atoms with van der Waals surface area (Å²) in [6, 6.07) is 6.36. The van der Waals surface area contributed by atoms with Crippen molar-refractivity contribution < 1.29 is 14.3 Å². The third kappa shape index (κ3) is 4.84. The van der Waals surface area contributed by atoms with Gasteiger partial charge in [-0.1, -0.05) is 26.0 Å². The molecule has 2 rings (SSSR count). The number of thiazole rings is 1. The molecule has 2 N–H and O–H groups in total. The number of halogens is 1. The zero-order valence-electron chi connectivity index (χ0n) is 13.5. The maximum atomic E-state index is 13.8. The van der Waals surface area contributed by atoms with Crippen LogP contribution in [0.3, 0.4) is 0 Å². The topological polar surface area (TPSA) is 62.2 Å². The van der Waals surface area contributed by atoms with Gasteiger partial charge < -0.3 is 10.4 Å². The highest BCUT2D eigenvalue weighted by molar-refractivity contribution is 7.13. The Bertz CT molecular complexity index is 683. The van der Waals surface area contributed by atoms with E-state index in [9.17, 15) is 14.3 Å². The third-order valence-corrected chi connectivity index (χ3v) is 4.29. The highest BCUT2D eigenvalue weighted by Crippen LogP contribution is 2.26. The van der Waals surface area contributed by atoms with Crippen LogP contribution < -0.4 is 5.32 Å². The molecular formula is C17H21FN2O2S. The fourth-order valence-electron chi connectivity index (χ4n) is 2.42.